The zero-order valence-corrected chi connectivity index (χ0v) is 33.1. The molecule has 0 saturated heterocycles. The summed E-state index contributed by atoms with van der Waals surface area (Å²) in [6.07, 6.45) is 2.63. The first-order chi connectivity index (χ1) is 28.1. The highest BCUT2D eigenvalue weighted by atomic mass is 32.2. The summed E-state index contributed by atoms with van der Waals surface area (Å²) in [5, 5.41) is 15.6. The van der Waals surface area contributed by atoms with E-state index in [0.717, 1.165) is 29.4 Å². The number of carbonyl (C=O) groups excluding carboxylic acids is 3. The van der Waals surface area contributed by atoms with Gasteiger partial charge in [0.1, 0.15) is 12.4 Å². The summed E-state index contributed by atoms with van der Waals surface area (Å²) < 4.78 is 42.1. The molecule has 58 heavy (non-hydrogen) atoms. The number of hydrogen-bond donors (Lipinski definition) is 2. The van der Waals surface area contributed by atoms with Crippen LogP contribution in [0, 0.1) is 0 Å². The monoisotopic (exact) mass is 800 g/mol. The second-order valence-corrected chi connectivity index (χ2v) is 15.6. The first-order valence-electron chi connectivity index (χ1n) is 19.3. The van der Waals surface area contributed by atoms with Gasteiger partial charge < -0.3 is 19.5 Å². The molecular weight excluding hydrogens is 757 g/mol. The quantitative estimate of drug-likeness (QED) is 0.112. The normalized spacial score (nSPS) is 12.6. The molecule has 2 amide bonds. The lowest BCUT2D eigenvalue weighted by molar-refractivity contribution is 0.0519. The van der Waals surface area contributed by atoms with Crippen molar-refractivity contribution < 1.29 is 37.4 Å². The lowest BCUT2D eigenvalue weighted by atomic mass is 9.92. The third-order valence-corrected chi connectivity index (χ3v) is 11.4. The molecule has 12 nitrogen and oxygen atoms in total. The fourth-order valence-corrected chi connectivity index (χ4v) is 8.22. The molecule has 0 spiro atoms. The Bertz CT molecular complexity index is 2600. The number of carbonyl (C=O) groups is 3. The first-order valence-corrected chi connectivity index (χ1v) is 20.8. The number of esters is 1. The molecule has 13 heteroatoms. The molecule has 6 aromatic rings. The molecule has 2 heterocycles. The molecule has 5 aromatic carbocycles. The van der Waals surface area contributed by atoms with Gasteiger partial charge in [-0.15, -0.1) is 0 Å². The van der Waals surface area contributed by atoms with Gasteiger partial charge in [0.25, 0.3) is 21.8 Å². The van der Waals surface area contributed by atoms with Gasteiger partial charge in [0, 0.05) is 29.8 Å². The van der Waals surface area contributed by atoms with Crippen molar-refractivity contribution >= 4 is 38.6 Å². The van der Waals surface area contributed by atoms with E-state index in [9.17, 15) is 27.9 Å². The van der Waals surface area contributed by atoms with Crippen LogP contribution in [0.3, 0.4) is 0 Å². The van der Waals surface area contributed by atoms with Crippen LogP contribution in [0.2, 0.25) is 0 Å². The summed E-state index contributed by atoms with van der Waals surface area (Å²) in [6.45, 7) is 4.53. The number of nitrogens with one attached hydrogen (secondary N) is 1. The summed E-state index contributed by atoms with van der Waals surface area (Å²) in [5.74, 6) is -1.47. The van der Waals surface area contributed by atoms with Gasteiger partial charge in [-0.2, -0.15) is 5.10 Å². The van der Waals surface area contributed by atoms with E-state index >= 15 is 0 Å². The molecule has 0 radical (unpaired) electrons. The van der Waals surface area contributed by atoms with Gasteiger partial charge >= 0.3 is 5.97 Å². The van der Waals surface area contributed by atoms with E-state index in [1.807, 2.05) is 43.3 Å². The maximum Gasteiger partial charge on any atom is 0.359 e. The number of benzene rings is 5. The van der Waals surface area contributed by atoms with Crippen molar-refractivity contribution in [2.24, 2.45) is 0 Å². The average molecular weight is 801 g/mol. The molecular formula is C45H44N4O8S. The van der Waals surface area contributed by atoms with Crippen LogP contribution >= 0.6 is 0 Å². The third kappa shape index (κ3) is 8.36. The number of rotatable bonds is 14. The molecule has 0 atom stereocenters. The number of aliphatic hydroxyl groups excluding tert-OH is 1. The maximum atomic E-state index is 14.8. The van der Waals surface area contributed by atoms with E-state index in [1.54, 1.807) is 65.0 Å². The highest BCUT2D eigenvalue weighted by molar-refractivity contribution is 7.90. The first kappa shape index (κ1) is 39.9. The van der Waals surface area contributed by atoms with Crippen molar-refractivity contribution in [3.63, 3.8) is 0 Å². The zero-order valence-electron chi connectivity index (χ0n) is 32.3. The molecule has 0 unspecified atom stereocenters. The van der Waals surface area contributed by atoms with E-state index in [2.05, 4.69) is 4.72 Å². The van der Waals surface area contributed by atoms with Gasteiger partial charge in [0.2, 0.25) is 0 Å². The predicted molar refractivity (Wildman–Crippen MR) is 220 cm³/mol. The topological polar surface area (TPSA) is 157 Å². The molecule has 1 aliphatic rings. The molecule has 0 aliphatic carbocycles. The lowest BCUT2D eigenvalue weighted by Crippen LogP contribution is -2.36. The van der Waals surface area contributed by atoms with Crippen LogP contribution in [0.5, 0.6) is 5.75 Å². The van der Waals surface area contributed by atoms with Crippen molar-refractivity contribution in [1.29, 1.82) is 0 Å². The number of ether oxygens (including phenoxy) is 2. The maximum absolute atomic E-state index is 14.8. The summed E-state index contributed by atoms with van der Waals surface area (Å²) in [6, 6.07) is 31.3. The molecule has 0 saturated carbocycles. The van der Waals surface area contributed by atoms with Crippen molar-refractivity contribution in [2.75, 3.05) is 26.4 Å². The van der Waals surface area contributed by atoms with Gasteiger partial charge in [-0.1, -0.05) is 74.0 Å². The highest BCUT2D eigenvalue weighted by Gasteiger charge is 2.32. The fraction of sp³-hybridized carbons (Fsp3) is 0.244. The number of sulfonamides is 1. The minimum Gasteiger partial charge on any atom is -0.491 e. The Hall–Kier alpha value is -6.31. The van der Waals surface area contributed by atoms with Crippen molar-refractivity contribution in [3.8, 4) is 22.6 Å². The van der Waals surface area contributed by atoms with Crippen LogP contribution in [-0.4, -0.2) is 72.4 Å². The summed E-state index contributed by atoms with van der Waals surface area (Å²) in [4.78, 5) is 44.1. The Balaban J connectivity index is 1.36. The van der Waals surface area contributed by atoms with E-state index in [0.29, 0.717) is 59.6 Å². The SMILES string of the molecule is CCCCc1c(-c2ccc(C(=O)NS(=O)(=O)c3ccc4ccccc4c3)cc2C(=O)N2CCc3ccccc3C2)c(C(=O)OCC)nn1-c1ccc(OCCO)cc1. The van der Waals surface area contributed by atoms with E-state index in [-0.39, 0.29) is 41.5 Å². The minimum atomic E-state index is -4.32. The number of nitrogens with zero attached hydrogens (tertiary/aromatic N) is 3. The second-order valence-electron chi connectivity index (χ2n) is 13.9. The molecule has 2 N–H and O–H groups in total. The van der Waals surface area contributed by atoms with Crippen LogP contribution < -0.4 is 9.46 Å². The van der Waals surface area contributed by atoms with E-state index in [1.165, 1.54) is 24.3 Å². The molecule has 7 rings (SSSR count). The minimum absolute atomic E-state index is 0.0114. The number of hydrogen-bond acceptors (Lipinski definition) is 9. The van der Waals surface area contributed by atoms with Crippen LogP contribution in [0.4, 0.5) is 0 Å². The van der Waals surface area contributed by atoms with Crippen LogP contribution in [0.1, 0.15) is 74.7 Å². The number of unbranched alkanes of at least 4 members (excludes halogenated alkanes) is 1. The highest BCUT2D eigenvalue weighted by Crippen LogP contribution is 2.36. The van der Waals surface area contributed by atoms with E-state index < -0.39 is 27.8 Å². The zero-order chi connectivity index (χ0) is 40.8. The molecule has 298 valence electrons. The second kappa shape index (κ2) is 17.5. The van der Waals surface area contributed by atoms with Crippen LogP contribution in [0.25, 0.3) is 27.6 Å². The van der Waals surface area contributed by atoms with Crippen LogP contribution in [-0.2, 0) is 34.1 Å². The summed E-state index contributed by atoms with van der Waals surface area (Å²) in [7, 11) is -4.32. The van der Waals surface area contributed by atoms with Gasteiger partial charge in [0.05, 0.1) is 29.5 Å². The average Bonchev–Trinajstić information content (AvgIpc) is 3.63. The Kier molecular flexibility index (Phi) is 12.0. The largest absolute Gasteiger partial charge is 0.491 e. The molecule has 1 aromatic heterocycles. The third-order valence-electron chi connectivity index (χ3n) is 10.1. The number of amides is 2. The van der Waals surface area contributed by atoms with E-state index in [4.69, 9.17) is 14.6 Å². The standard InChI is InChI=1S/C45H44N4O8S/c1-3-5-14-40-41(42(45(53)56-4-2)46-49(40)35-17-19-36(20-18-35)57-26-25-50)38-22-16-33(28-39(38)44(52)48-24-23-31-11-7-9-13-34(31)29-48)43(51)47-58(54,55)37-21-15-30-10-6-8-12-32(30)27-37/h6-13,15-22,27-28,50H,3-5,14,23-26,29H2,1-2H3,(H,47,51). The van der Waals surface area contributed by atoms with Crippen molar-refractivity contribution in [3.05, 3.63) is 143 Å². The number of aliphatic hydroxyl groups is 1. The van der Waals surface area contributed by atoms with Gasteiger partial charge in [0.15, 0.2) is 5.69 Å². The fourth-order valence-electron chi connectivity index (χ4n) is 7.21. The van der Waals surface area contributed by atoms with Gasteiger partial charge in [-0.05, 0) is 102 Å². The Morgan fingerprint density at radius 3 is 2.34 bits per heavy atom. The molecule has 1 aliphatic heterocycles. The van der Waals surface area contributed by atoms with Gasteiger partial charge in [-0.3, -0.25) is 9.59 Å². The van der Waals surface area contributed by atoms with Crippen LogP contribution in [0.15, 0.2) is 114 Å². The summed E-state index contributed by atoms with van der Waals surface area (Å²) in [5.41, 5.74) is 4.15. The smallest absolute Gasteiger partial charge is 0.359 e. The molecule has 0 fully saturated rings. The Labute approximate surface area is 337 Å². The number of aromatic nitrogens is 2. The number of fused-ring (bicyclic) bond motifs is 2. The van der Waals surface area contributed by atoms with Gasteiger partial charge in [-0.25, -0.2) is 22.6 Å². The van der Waals surface area contributed by atoms with Crippen molar-refractivity contribution in [1.82, 2.24) is 19.4 Å². The Morgan fingerprint density at radius 2 is 1.60 bits per heavy atom. The summed E-state index contributed by atoms with van der Waals surface area (Å²) >= 11 is 0. The van der Waals surface area contributed by atoms with Crippen molar-refractivity contribution in [2.45, 2.75) is 51.0 Å². The lowest BCUT2D eigenvalue weighted by Gasteiger charge is -2.29. The Morgan fingerprint density at radius 1 is 0.862 bits per heavy atom. The predicted octanol–water partition coefficient (Wildman–Crippen LogP) is 6.90. The molecule has 0 bridgehead atoms.